The Morgan fingerprint density at radius 2 is 2.05 bits per heavy atom. The van der Waals surface area contributed by atoms with Gasteiger partial charge in [-0.2, -0.15) is 0 Å². The van der Waals surface area contributed by atoms with Crippen molar-refractivity contribution in [1.29, 1.82) is 5.41 Å². The van der Waals surface area contributed by atoms with Crippen molar-refractivity contribution in [2.24, 2.45) is 0 Å². The molecule has 1 saturated heterocycles. The number of benzene rings is 1. The standard InChI is InChI=1S/C12H9N3O2S2/c13-11-15(10(17)6-18-11)12-14-9(5-19-12)7-1-3-8(16)4-2-7/h1-5,13,16H,6H2. The molecule has 2 N–H and O–H groups in total. The van der Waals surface area contributed by atoms with Crippen molar-refractivity contribution in [2.45, 2.75) is 0 Å². The summed E-state index contributed by atoms with van der Waals surface area (Å²) >= 11 is 2.54. The number of carbonyl (C=O) groups is 1. The van der Waals surface area contributed by atoms with Crippen molar-refractivity contribution in [1.82, 2.24) is 4.98 Å². The fourth-order valence-corrected chi connectivity index (χ4v) is 3.32. The van der Waals surface area contributed by atoms with Gasteiger partial charge < -0.3 is 5.11 Å². The smallest absolute Gasteiger partial charge is 0.245 e. The minimum atomic E-state index is -0.110. The number of nitrogens with zero attached hydrogens (tertiary/aromatic N) is 2. The maximum atomic E-state index is 11.7. The van der Waals surface area contributed by atoms with Crippen molar-refractivity contribution in [3.63, 3.8) is 0 Å². The molecule has 2 heterocycles. The van der Waals surface area contributed by atoms with Gasteiger partial charge in [-0.05, 0) is 24.3 Å². The van der Waals surface area contributed by atoms with Crippen LogP contribution in [0.2, 0.25) is 0 Å². The van der Waals surface area contributed by atoms with E-state index in [2.05, 4.69) is 4.98 Å². The molecular weight excluding hydrogens is 282 g/mol. The highest BCUT2D eigenvalue weighted by atomic mass is 32.2. The minimum Gasteiger partial charge on any atom is -0.508 e. The van der Waals surface area contributed by atoms with Gasteiger partial charge in [0.1, 0.15) is 5.75 Å². The van der Waals surface area contributed by atoms with E-state index in [-0.39, 0.29) is 16.8 Å². The predicted octanol–water partition coefficient (Wildman–Crippen LogP) is 2.53. The molecule has 1 aromatic heterocycles. The number of rotatable bonds is 2. The second-order valence-electron chi connectivity index (χ2n) is 3.89. The molecule has 1 aliphatic heterocycles. The molecule has 0 spiro atoms. The van der Waals surface area contributed by atoms with Crippen LogP contribution in [0.3, 0.4) is 0 Å². The molecule has 2 aromatic rings. The number of thiazole rings is 1. The zero-order valence-electron chi connectivity index (χ0n) is 9.66. The molecular formula is C12H9N3O2S2. The van der Waals surface area contributed by atoms with Crippen LogP contribution in [0.1, 0.15) is 0 Å². The van der Waals surface area contributed by atoms with Crippen LogP contribution < -0.4 is 4.90 Å². The number of hydrogen-bond acceptors (Lipinski definition) is 6. The first-order chi connectivity index (χ1) is 9.15. The van der Waals surface area contributed by atoms with Gasteiger partial charge in [-0.25, -0.2) is 9.88 Å². The zero-order valence-corrected chi connectivity index (χ0v) is 11.3. The molecule has 5 nitrogen and oxygen atoms in total. The average Bonchev–Trinajstić information content (AvgIpc) is 2.98. The molecule has 0 aliphatic carbocycles. The van der Waals surface area contributed by atoms with Gasteiger partial charge in [0, 0.05) is 10.9 Å². The Morgan fingerprint density at radius 1 is 1.32 bits per heavy atom. The maximum absolute atomic E-state index is 11.7. The molecule has 19 heavy (non-hydrogen) atoms. The normalized spacial score (nSPS) is 15.3. The van der Waals surface area contributed by atoms with Crippen LogP contribution in [0.25, 0.3) is 11.3 Å². The molecule has 0 radical (unpaired) electrons. The van der Waals surface area contributed by atoms with Gasteiger partial charge in [0.15, 0.2) is 10.3 Å². The van der Waals surface area contributed by atoms with Gasteiger partial charge in [-0.3, -0.25) is 10.2 Å². The van der Waals surface area contributed by atoms with Crippen LogP contribution in [-0.4, -0.2) is 26.9 Å². The number of amides is 1. The molecule has 3 rings (SSSR count). The number of anilines is 1. The molecule has 0 atom stereocenters. The monoisotopic (exact) mass is 291 g/mol. The lowest BCUT2D eigenvalue weighted by Crippen LogP contribution is -2.28. The highest BCUT2D eigenvalue weighted by Crippen LogP contribution is 2.32. The second kappa shape index (κ2) is 4.67. The van der Waals surface area contributed by atoms with Crippen LogP contribution in [0, 0.1) is 5.41 Å². The van der Waals surface area contributed by atoms with Crippen LogP contribution >= 0.6 is 23.1 Å². The summed E-state index contributed by atoms with van der Waals surface area (Å²) in [6.07, 6.45) is 0. The Labute approximate surface area is 117 Å². The number of hydrogen-bond donors (Lipinski definition) is 2. The quantitative estimate of drug-likeness (QED) is 0.891. The van der Waals surface area contributed by atoms with E-state index in [4.69, 9.17) is 5.41 Å². The third kappa shape index (κ3) is 2.22. The van der Waals surface area contributed by atoms with Crippen molar-refractivity contribution in [3.05, 3.63) is 29.6 Å². The highest BCUT2D eigenvalue weighted by Gasteiger charge is 2.30. The summed E-state index contributed by atoms with van der Waals surface area (Å²) in [5.74, 6) is 0.390. The van der Waals surface area contributed by atoms with Gasteiger partial charge in [0.05, 0.1) is 11.4 Å². The molecule has 0 unspecified atom stereocenters. The van der Waals surface area contributed by atoms with Crippen molar-refractivity contribution >= 4 is 39.3 Å². The maximum Gasteiger partial charge on any atom is 0.245 e. The van der Waals surface area contributed by atoms with E-state index >= 15 is 0 Å². The first-order valence-electron chi connectivity index (χ1n) is 5.44. The average molecular weight is 291 g/mol. The summed E-state index contributed by atoms with van der Waals surface area (Å²) in [6, 6.07) is 6.71. The minimum absolute atomic E-state index is 0.110. The summed E-state index contributed by atoms with van der Waals surface area (Å²) in [6.45, 7) is 0. The molecule has 1 aromatic carbocycles. The predicted molar refractivity (Wildman–Crippen MR) is 76.9 cm³/mol. The van der Waals surface area contributed by atoms with Gasteiger partial charge in [-0.1, -0.05) is 11.8 Å². The molecule has 1 aliphatic rings. The van der Waals surface area contributed by atoms with Crippen molar-refractivity contribution < 1.29 is 9.90 Å². The first kappa shape index (κ1) is 12.2. The van der Waals surface area contributed by atoms with Crippen LogP contribution in [-0.2, 0) is 4.79 Å². The highest BCUT2D eigenvalue weighted by molar-refractivity contribution is 8.15. The fourth-order valence-electron chi connectivity index (χ4n) is 1.70. The SMILES string of the molecule is N=C1SCC(=O)N1c1nc(-c2ccc(O)cc2)cs1. The number of phenols is 1. The number of thioether (sulfide) groups is 1. The van der Waals surface area contributed by atoms with Crippen molar-refractivity contribution in [2.75, 3.05) is 10.7 Å². The third-order valence-electron chi connectivity index (χ3n) is 2.63. The zero-order chi connectivity index (χ0) is 13.4. The Balaban J connectivity index is 1.93. The van der Waals surface area contributed by atoms with E-state index < -0.39 is 0 Å². The molecule has 0 saturated carbocycles. The Bertz CT molecular complexity index is 635. The van der Waals surface area contributed by atoms with Gasteiger partial charge in [0.25, 0.3) is 0 Å². The largest absolute Gasteiger partial charge is 0.508 e. The molecule has 1 fully saturated rings. The topological polar surface area (TPSA) is 77.3 Å². The molecule has 96 valence electrons. The lowest BCUT2D eigenvalue weighted by molar-refractivity contribution is -0.115. The van der Waals surface area contributed by atoms with E-state index in [1.165, 1.54) is 28.0 Å². The van der Waals surface area contributed by atoms with E-state index in [1.54, 1.807) is 24.3 Å². The molecule has 1 amide bonds. The van der Waals surface area contributed by atoms with Gasteiger partial charge >= 0.3 is 0 Å². The van der Waals surface area contributed by atoms with Crippen LogP contribution in [0.5, 0.6) is 5.75 Å². The van der Waals surface area contributed by atoms with E-state index in [0.717, 1.165) is 11.3 Å². The molecule has 0 bridgehead atoms. The first-order valence-corrected chi connectivity index (χ1v) is 7.31. The Hall–Kier alpha value is -1.86. The number of phenolic OH excluding ortho intramolecular Hbond substituents is 1. The van der Waals surface area contributed by atoms with E-state index in [9.17, 15) is 9.90 Å². The van der Waals surface area contributed by atoms with Crippen LogP contribution in [0.15, 0.2) is 29.6 Å². The Morgan fingerprint density at radius 3 is 2.68 bits per heavy atom. The number of aromatic nitrogens is 1. The summed E-state index contributed by atoms with van der Waals surface area (Å²) in [5.41, 5.74) is 1.60. The van der Waals surface area contributed by atoms with Crippen molar-refractivity contribution in [3.8, 4) is 17.0 Å². The lowest BCUT2D eigenvalue weighted by Gasteiger charge is -2.09. The van der Waals surface area contributed by atoms with E-state index in [1.807, 2.05) is 5.38 Å². The summed E-state index contributed by atoms with van der Waals surface area (Å²) < 4.78 is 0. The summed E-state index contributed by atoms with van der Waals surface area (Å²) in [5, 5.41) is 19.5. The Kier molecular flexibility index (Phi) is 3.00. The number of aromatic hydroxyl groups is 1. The summed E-state index contributed by atoms with van der Waals surface area (Å²) in [4.78, 5) is 17.4. The molecule has 7 heteroatoms. The number of amidine groups is 1. The van der Waals surface area contributed by atoms with Crippen LogP contribution in [0.4, 0.5) is 5.13 Å². The van der Waals surface area contributed by atoms with Gasteiger partial charge in [-0.15, -0.1) is 11.3 Å². The lowest BCUT2D eigenvalue weighted by atomic mass is 10.2. The number of carbonyl (C=O) groups excluding carboxylic acids is 1. The number of nitrogens with one attached hydrogen (secondary N) is 1. The van der Waals surface area contributed by atoms with E-state index in [0.29, 0.717) is 10.9 Å². The van der Waals surface area contributed by atoms with Gasteiger partial charge in [0.2, 0.25) is 5.91 Å². The third-order valence-corrected chi connectivity index (χ3v) is 4.30. The summed E-state index contributed by atoms with van der Waals surface area (Å²) in [7, 11) is 0. The fraction of sp³-hybridized carbons (Fsp3) is 0.0833. The second-order valence-corrected chi connectivity index (χ2v) is 5.69.